The number of rotatable bonds is 3. The fourth-order valence-electron chi connectivity index (χ4n) is 1.79. The molecule has 0 aliphatic heterocycles. The minimum absolute atomic E-state index is 0.134. The van der Waals surface area contributed by atoms with E-state index in [1.807, 2.05) is 0 Å². The Bertz CT molecular complexity index is 704. The number of esters is 1. The minimum Gasteiger partial charge on any atom is -0.465 e. The lowest BCUT2D eigenvalue weighted by molar-refractivity contribution is 0.0601. The van der Waals surface area contributed by atoms with Crippen LogP contribution in [0.25, 0.3) is 0 Å². The van der Waals surface area contributed by atoms with Crippen molar-refractivity contribution >= 4 is 23.4 Å². The van der Waals surface area contributed by atoms with Gasteiger partial charge in [-0.15, -0.1) is 0 Å². The number of ether oxygens (including phenoxy) is 1. The van der Waals surface area contributed by atoms with Crippen molar-refractivity contribution in [2.24, 2.45) is 0 Å². The highest BCUT2D eigenvalue weighted by atomic mass is 32.2. The van der Waals surface area contributed by atoms with Crippen molar-refractivity contribution in [1.82, 2.24) is 0 Å². The lowest BCUT2D eigenvalue weighted by Crippen LogP contribution is -2.07. The Morgan fingerprint density at radius 3 is 2.62 bits per heavy atom. The number of carbonyl (C=O) groups is 1. The summed E-state index contributed by atoms with van der Waals surface area (Å²) in [4.78, 5) is 12.4. The van der Waals surface area contributed by atoms with Gasteiger partial charge in [-0.05, 0) is 42.8 Å². The first-order valence-electron chi connectivity index (χ1n) is 6.03. The molecule has 2 aromatic rings. The topological polar surface area (TPSA) is 52.3 Å². The second kappa shape index (κ2) is 6.13. The number of aryl methyl sites for hydroxylation is 1. The highest BCUT2D eigenvalue weighted by molar-refractivity contribution is 7.99. The van der Waals surface area contributed by atoms with Gasteiger partial charge in [-0.25, -0.2) is 13.6 Å². The van der Waals surface area contributed by atoms with Gasteiger partial charge in [-0.3, -0.25) is 0 Å². The summed E-state index contributed by atoms with van der Waals surface area (Å²) in [6.45, 7) is 1.73. The summed E-state index contributed by atoms with van der Waals surface area (Å²) in [7, 11) is 1.25. The van der Waals surface area contributed by atoms with Crippen molar-refractivity contribution < 1.29 is 18.3 Å². The summed E-state index contributed by atoms with van der Waals surface area (Å²) in [6, 6.07) is 6.42. The normalized spacial score (nSPS) is 10.5. The highest BCUT2D eigenvalue weighted by Crippen LogP contribution is 2.33. The Morgan fingerprint density at radius 2 is 1.95 bits per heavy atom. The zero-order valence-corrected chi connectivity index (χ0v) is 12.3. The average Bonchev–Trinajstić information content (AvgIpc) is 2.45. The largest absolute Gasteiger partial charge is 0.465 e. The van der Waals surface area contributed by atoms with Crippen LogP contribution in [0.2, 0.25) is 0 Å². The first kappa shape index (κ1) is 15.3. The van der Waals surface area contributed by atoms with Gasteiger partial charge in [-0.1, -0.05) is 11.8 Å². The number of halogens is 2. The van der Waals surface area contributed by atoms with Gasteiger partial charge >= 0.3 is 5.97 Å². The zero-order valence-electron chi connectivity index (χ0n) is 11.4. The van der Waals surface area contributed by atoms with E-state index in [0.29, 0.717) is 16.1 Å². The lowest BCUT2D eigenvalue weighted by atomic mass is 10.1. The van der Waals surface area contributed by atoms with E-state index in [9.17, 15) is 13.6 Å². The van der Waals surface area contributed by atoms with Gasteiger partial charge in [0.15, 0.2) is 0 Å². The van der Waals surface area contributed by atoms with Crippen LogP contribution in [0.4, 0.5) is 14.5 Å². The third kappa shape index (κ3) is 3.33. The molecule has 6 heteroatoms. The van der Waals surface area contributed by atoms with E-state index in [1.165, 1.54) is 13.2 Å². The molecule has 2 N–H and O–H groups in total. The molecular formula is C15H13F2NO2S. The summed E-state index contributed by atoms with van der Waals surface area (Å²) in [6.07, 6.45) is 0. The maximum atomic E-state index is 13.7. The van der Waals surface area contributed by atoms with E-state index in [1.54, 1.807) is 13.0 Å². The molecule has 2 aromatic carbocycles. The van der Waals surface area contributed by atoms with Gasteiger partial charge < -0.3 is 10.5 Å². The molecule has 0 saturated heterocycles. The van der Waals surface area contributed by atoms with Crippen LogP contribution in [0.1, 0.15) is 15.9 Å². The van der Waals surface area contributed by atoms with E-state index in [0.717, 1.165) is 30.0 Å². The van der Waals surface area contributed by atoms with Crippen molar-refractivity contribution in [2.75, 3.05) is 12.8 Å². The molecule has 0 aliphatic rings. The molecule has 21 heavy (non-hydrogen) atoms. The Morgan fingerprint density at radius 1 is 1.24 bits per heavy atom. The highest BCUT2D eigenvalue weighted by Gasteiger charge is 2.15. The first-order chi connectivity index (χ1) is 9.92. The second-order valence-electron chi connectivity index (χ2n) is 4.37. The number of anilines is 1. The van der Waals surface area contributed by atoms with E-state index < -0.39 is 17.6 Å². The standard InChI is InChI=1S/C15H13F2NO2S/c1-8-5-10(7-11(14(8)18)15(19)20-2)21-13-6-9(16)3-4-12(13)17/h3-7H,18H2,1-2H3. The predicted molar refractivity (Wildman–Crippen MR) is 77.4 cm³/mol. The molecule has 0 aromatic heterocycles. The summed E-state index contributed by atoms with van der Waals surface area (Å²) < 4.78 is 31.5. The van der Waals surface area contributed by atoms with Gasteiger partial charge in [0.2, 0.25) is 0 Å². The van der Waals surface area contributed by atoms with Crippen LogP contribution < -0.4 is 5.73 Å². The van der Waals surface area contributed by atoms with E-state index in [2.05, 4.69) is 4.74 Å². The molecule has 0 atom stereocenters. The van der Waals surface area contributed by atoms with Crippen molar-refractivity contribution in [2.45, 2.75) is 16.7 Å². The average molecular weight is 309 g/mol. The molecule has 0 fully saturated rings. The smallest absolute Gasteiger partial charge is 0.340 e. The molecule has 0 heterocycles. The van der Waals surface area contributed by atoms with Crippen LogP contribution in [0.5, 0.6) is 0 Å². The fraction of sp³-hybridized carbons (Fsp3) is 0.133. The molecule has 0 radical (unpaired) electrons. The molecule has 0 spiro atoms. The van der Waals surface area contributed by atoms with Crippen LogP contribution in [-0.2, 0) is 4.74 Å². The second-order valence-corrected chi connectivity index (χ2v) is 5.49. The van der Waals surface area contributed by atoms with Crippen LogP contribution in [-0.4, -0.2) is 13.1 Å². The molecule has 0 aliphatic carbocycles. The first-order valence-corrected chi connectivity index (χ1v) is 6.85. The van der Waals surface area contributed by atoms with Gasteiger partial charge in [0.05, 0.1) is 17.6 Å². The van der Waals surface area contributed by atoms with Crippen LogP contribution in [0, 0.1) is 18.6 Å². The third-order valence-electron chi connectivity index (χ3n) is 2.89. The molecule has 3 nitrogen and oxygen atoms in total. The number of nitrogens with two attached hydrogens (primary N) is 1. The maximum absolute atomic E-state index is 13.7. The van der Waals surface area contributed by atoms with Crippen molar-refractivity contribution in [3.8, 4) is 0 Å². The van der Waals surface area contributed by atoms with Gasteiger partial charge in [0.1, 0.15) is 11.6 Å². The van der Waals surface area contributed by atoms with Crippen molar-refractivity contribution in [3.63, 3.8) is 0 Å². The Kier molecular flexibility index (Phi) is 4.47. The molecule has 0 amide bonds. The number of hydrogen-bond donors (Lipinski definition) is 1. The van der Waals surface area contributed by atoms with E-state index in [-0.39, 0.29) is 10.5 Å². The zero-order chi connectivity index (χ0) is 15.6. The van der Waals surface area contributed by atoms with Crippen molar-refractivity contribution in [1.29, 1.82) is 0 Å². The van der Waals surface area contributed by atoms with Crippen LogP contribution in [0.15, 0.2) is 40.1 Å². The number of hydrogen-bond acceptors (Lipinski definition) is 4. The number of carbonyl (C=O) groups excluding carboxylic acids is 1. The molecule has 0 saturated carbocycles. The number of nitrogen functional groups attached to an aromatic ring is 1. The summed E-state index contributed by atoms with van der Waals surface area (Å²) in [5.41, 5.74) is 7.01. The van der Waals surface area contributed by atoms with Gasteiger partial charge in [-0.2, -0.15) is 0 Å². The Balaban J connectivity index is 2.43. The molecule has 2 rings (SSSR count). The van der Waals surface area contributed by atoms with Crippen LogP contribution in [0.3, 0.4) is 0 Å². The van der Waals surface area contributed by atoms with E-state index >= 15 is 0 Å². The predicted octanol–water partition coefficient (Wildman–Crippen LogP) is 3.79. The van der Waals surface area contributed by atoms with Gasteiger partial charge in [0.25, 0.3) is 0 Å². The number of benzene rings is 2. The van der Waals surface area contributed by atoms with E-state index in [4.69, 9.17) is 5.73 Å². The molecule has 110 valence electrons. The molecular weight excluding hydrogens is 296 g/mol. The Hall–Kier alpha value is -2.08. The third-order valence-corrected chi connectivity index (χ3v) is 3.89. The summed E-state index contributed by atoms with van der Waals surface area (Å²) in [5, 5.41) is 0. The summed E-state index contributed by atoms with van der Waals surface area (Å²) in [5.74, 6) is -1.63. The van der Waals surface area contributed by atoms with Gasteiger partial charge in [0, 0.05) is 10.6 Å². The number of methoxy groups -OCH3 is 1. The SMILES string of the molecule is COC(=O)c1cc(Sc2cc(F)ccc2F)cc(C)c1N. The quantitative estimate of drug-likeness (QED) is 0.692. The van der Waals surface area contributed by atoms with Crippen molar-refractivity contribution in [3.05, 3.63) is 53.1 Å². The maximum Gasteiger partial charge on any atom is 0.340 e. The fourth-order valence-corrected chi connectivity index (χ4v) is 2.79. The lowest BCUT2D eigenvalue weighted by Gasteiger charge is -2.10. The molecule has 0 unspecified atom stereocenters. The molecule has 0 bridgehead atoms. The monoisotopic (exact) mass is 309 g/mol. The van der Waals surface area contributed by atoms with Crippen LogP contribution >= 0.6 is 11.8 Å². The summed E-state index contributed by atoms with van der Waals surface area (Å²) >= 11 is 1.01. The Labute approximate surface area is 125 Å². The minimum atomic E-state index is -0.572.